The molecule has 0 saturated heterocycles. The zero-order valence-electron chi connectivity index (χ0n) is 19.6. The van der Waals surface area contributed by atoms with E-state index in [9.17, 15) is 0 Å². The number of allylic oxidation sites excluding steroid dienone is 6. The Morgan fingerprint density at radius 1 is 0.475 bits per heavy atom. The van der Waals surface area contributed by atoms with Crippen LogP contribution >= 0.6 is 47.0 Å². The fourth-order valence-electron chi connectivity index (χ4n) is 2.95. The summed E-state index contributed by atoms with van der Waals surface area (Å²) in [5.41, 5.74) is 0. The zero-order chi connectivity index (χ0) is 27.8. The van der Waals surface area contributed by atoms with Crippen LogP contribution < -0.4 is 28.0 Å². The van der Waals surface area contributed by atoms with Crippen LogP contribution in [0.5, 0.6) is 0 Å². The molecule has 6 rings (SSSR count). The monoisotopic (exact) mass is 846 g/mol. The second-order valence-corrected chi connectivity index (χ2v) is 12.9. The predicted octanol–water partition coefficient (Wildman–Crippen LogP) is -0.104. The Bertz CT molecular complexity index is 1140. The van der Waals surface area contributed by atoms with Gasteiger partial charge in [-0.05, 0) is 37.1 Å². The van der Waals surface area contributed by atoms with Crippen LogP contribution in [0.4, 0.5) is 0 Å². The summed E-state index contributed by atoms with van der Waals surface area (Å²) >= 11 is 7.45. The quantitative estimate of drug-likeness (QED) is 0.337. The van der Waals surface area contributed by atoms with Crippen molar-refractivity contribution in [2.24, 2.45) is 0 Å². The fourth-order valence-corrected chi connectivity index (χ4v) is 7.42. The molecule has 0 aromatic heterocycles. The molecule has 2 aliphatic heterocycles. The van der Waals surface area contributed by atoms with Gasteiger partial charge >= 0.3 is 0 Å². The molecule has 0 amide bonds. The Labute approximate surface area is 284 Å². The maximum absolute atomic E-state index is 8.60. The van der Waals surface area contributed by atoms with Gasteiger partial charge in [0.2, 0.25) is 0 Å². The molecule has 2 aliphatic carbocycles. The van der Waals surface area contributed by atoms with Crippen molar-refractivity contribution in [3.05, 3.63) is 118 Å². The smallest absolute Gasteiger partial charge is 0.0777 e. The number of benzene rings is 2. The average Bonchev–Trinajstić information content (AvgIpc) is 2.84. The summed E-state index contributed by atoms with van der Waals surface area (Å²) in [5.74, 6) is 0. The van der Waals surface area contributed by atoms with Crippen LogP contribution in [-0.4, -0.2) is 9.32 Å². The fraction of sp³-hybridized carbons (Fsp3) is 0. The normalized spacial score (nSPS) is 16.4. The zero-order valence-corrected chi connectivity index (χ0v) is 27.3. The minimum absolute atomic E-state index is 0. The summed E-state index contributed by atoms with van der Waals surface area (Å²) in [6.07, 6.45) is 17.1. The first kappa shape index (κ1) is 38.6. The first-order valence-corrected chi connectivity index (χ1v) is 16.0. The average molecular weight is 849 g/mol. The van der Waals surface area contributed by atoms with Crippen LogP contribution in [0.25, 0.3) is 0 Å². The Morgan fingerprint density at radius 2 is 0.725 bits per heavy atom. The molecule has 6 radical (unpaired) electrons. The van der Waals surface area contributed by atoms with Gasteiger partial charge in [0.25, 0.3) is 0 Å². The molecular formula is C24H18Ag2Cl2O8S4. The van der Waals surface area contributed by atoms with Gasteiger partial charge < -0.3 is 0 Å². The summed E-state index contributed by atoms with van der Waals surface area (Å²) < 4.78 is 65.4. The van der Waals surface area contributed by atoms with E-state index in [-0.39, 0.29) is 44.8 Å². The van der Waals surface area contributed by atoms with E-state index < -0.39 is 20.5 Å². The molecule has 0 bridgehead atoms. The van der Waals surface area contributed by atoms with Gasteiger partial charge in [-0.2, -0.15) is 28.0 Å². The topological polar surface area (TPSA) is 179 Å². The molecule has 2 aromatic rings. The van der Waals surface area contributed by atoms with Crippen molar-refractivity contribution in [3.8, 4) is 0 Å². The molecule has 8 nitrogen and oxygen atoms in total. The third-order valence-corrected chi connectivity index (χ3v) is 9.40. The van der Waals surface area contributed by atoms with E-state index in [2.05, 4.69) is 98.5 Å². The molecule has 2 N–H and O–H groups in total. The molecular weight excluding hydrogens is 831 g/mol. The summed E-state index contributed by atoms with van der Waals surface area (Å²) in [6.45, 7) is 0. The van der Waals surface area contributed by atoms with Crippen molar-refractivity contribution in [1.29, 1.82) is 0 Å². The molecule has 222 valence electrons. The van der Waals surface area contributed by atoms with Crippen molar-refractivity contribution in [2.75, 3.05) is 0 Å². The number of rotatable bonds is 0. The molecule has 2 aromatic carbocycles. The maximum Gasteiger partial charge on any atom is 0.0777 e. The van der Waals surface area contributed by atoms with Gasteiger partial charge in [-0.1, -0.05) is 95.6 Å². The minimum Gasteiger partial charge on any atom is -0.183 e. The first-order chi connectivity index (χ1) is 17.9. The molecule has 0 fully saturated rings. The van der Waals surface area contributed by atoms with E-state index in [4.69, 9.17) is 37.3 Å². The molecule has 0 unspecified atom stereocenters. The standard InChI is InChI=1S/2C12H8S2.2Ag.2ClHO4/c2*1-2-6-10-9(5-1)13-11-7-3-4-8-12(11)14-10;;;2*2-1(3,4)5/h2*1-8H;;;2*(H,2,3,4,5). The van der Waals surface area contributed by atoms with E-state index >= 15 is 0 Å². The van der Waals surface area contributed by atoms with Crippen LogP contribution in [-0.2, 0) is 44.8 Å². The van der Waals surface area contributed by atoms with Gasteiger partial charge in [-0.15, -0.1) is 0 Å². The largest absolute Gasteiger partial charge is 0.183 e. The number of halogens is 2. The molecule has 0 saturated carbocycles. The number of thioether (sulfide) groups is 4. The van der Waals surface area contributed by atoms with Crippen LogP contribution in [0.15, 0.2) is 112 Å². The summed E-state index contributed by atoms with van der Waals surface area (Å²) in [4.78, 5) is 11.0. The van der Waals surface area contributed by atoms with Crippen molar-refractivity contribution in [1.82, 2.24) is 0 Å². The maximum atomic E-state index is 8.60. The van der Waals surface area contributed by atoms with Crippen LogP contribution in [0, 0.1) is 46.2 Å². The molecule has 4 aliphatic rings. The van der Waals surface area contributed by atoms with Gasteiger partial charge in [-0.25, -0.2) is 0 Å². The Morgan fingerprint density at radius 3 is 1.00 bits per heavy atom. The van der Waals surface area contributed by atoms with Gasteiger partial charge in [0.15, 0.2) is 0 Å². The molecule has 40 heavy (non-hydrogen) atoms. The third-order valence-electron chi connectivity index (χ3n) is 4.28. The second kappa shape index (κ2) is 18.4. The van der Waals surface area contributed by atoms with Crippen molar-refractivity contribution >= 4 is 47.0 Å². The Balaban J connectivity index is 0.000000292. The predicted molar refractivity (Wildman–Crippen MR) is 130 cm³/mol. The number of fused-ring (bicyclic) bond motifs is 2. The van der Waals surface area contributed by atoms with Gasteiger partial charge in [-0.3, -0.25) is 0 Å². The van der Waals surface area contributed by atoms with Crippen LogP contribution in [0.3, 0.4) is 0 Å². The van der Waals surface area contributed by atoms with E-state index in [1.807, 2.05) is 47.0 Å². The van der Waals surface area contributed by atoms with Crippen molar-refractivity contribution in [2.45, 2.75) is 19.6 Å². The summed E-state index contributed by atoms with van der Waals surface area (Å²) in [7, 11) is -9.39. The molecule has 16 heteroatoms. The summed E-state index contributed by atoms with van der Waals surface area (Å²) in [5, 5.41) is 0. The molecule has 0 spiro atoms. The SMILES string of the molecule is [Ag].[Ag].[CH]1[CH]C2=C(C=C1)Sc1ccccc1S2.[CH]1[CH]C2=C(C=C1)Sc1ccccc1S2.[O-][Cl+3]([O-])([O-])O.[O-][Cl+3]([O-])([O-])O. The number of hydrogen-bond acceptors (Lipinski definition) is 12. The van der Waals surface area contributed by atoms with Crippen LogP contribution in [0.2, 0.25) is 0 Å². The second-order valence-electron chi connectivity index (χ2n) is 6.99. The van der Waals surface area contributed by atoms with Gasteiger partial charge in [0.05, 0.1) is 29.8 Å². The number of hydrogen-bond donors (Lipinski definition) is 2. The molecule has 2 heterocycles. The van der Waals surface area contributed by atoms with E-state index in [0.29, 0.717) is 0 Å². The third kappa shape index (κ3) is 14.8. The van der Waals surface area contributed by atoms with E-state index in [0.717, 1.165) is 0 Å². The Hall–Kier alpha value is 0.541. The van der Waals surface area contributed by atoms with Crippen molar-refractivity contribution in [3.63, 3.8) is 0 Å². The van der Waals surface area contributed by atoms with E-state index in [1.54, 1.807) is 0 Å². The van der Waals surface area contributed by atoms with Gasteiger partial charge in [0, 0.05) is 96.8 Å². The summed E-state index contributed by atoms with van der Waals surface area (Å²) in [6, 6.07) is 17.1. The van der Waals surface area contributed by atoms with Crippen molar-refractivity contribution < 1.29 is 103 Å². The first-order valence-electron chi connectivity index (χ1n) is 10.2. The van der Waals surface area contributed by atoms with E-state index in [1.165, 1.54) is 39.2 Å². The van der Waals surface area contributed by atoms with Gasteiger partial charge in [0.1, 0.15) is 0 Å². The van der Waals surface area contributed by atoms with Crippen LogP contribution in [0.1, 0.15) is 0 Å². The minimum atomic E-state index is -4.69. The molecule has 0 atom stereocenters. The Kier molecular flexibility index (Phi) is 17.7.